The van der Waals surface area contributed by atoms with Gasteiger partial charge in [0.25, 0.3) is 0 Å². The summed E-state index contributed by atoms with van der Waals surface area (Å²) in [4.78, 5) is -0.203. The first kappa shape index (κ1) is 20.8. The van der Waals surface area contributed by atoms with Crippen LogP contribution in [0, 0.1) is 0 Å². The number of methoxy groups -OCH3 is 2. The van der Waals surface area contributed by atoms with Crippen molar-refractivity contribution in [3.8, 4) is 17.2 Å². The number of hydrogen-bond donors (Lipinski definition) is 1. The average molecular weight is 405 g/mol. The molecule has 0 heterocycles. The Labute approximate surface area is 154 Å². The molecule has 2 aromatic carbocycles. The first-order valence-electron chi connectivity index (χ1n) is 7.66. The van der Waals surface area contributed by atoms with Gasteiger partial charge in [-0.2, -0.15) is 0 Å². The van der Waals surface area contributed by atoms with Crippen molar-refractivity contribution in [2.75, 3.05) is 14.2 Å². The van der Waals surface area contributed by atoms with Gasteiger partial charge in [-0.15, -0.1) is 13.2 Å². The Bertz CT molecular complexity index is 882. The molecule has 0 amide bonds. The summed E-state index contributed by atoms with van der Waals surface area (Å²) in [5, 5.41) is 0. The van der Waals surface area contributed by atoms with Crippen molar-refractivity contribution in [1.82, 2.24) is 4.72 Å². The number of rotatable bonds is 7. The second-order valence-corrected chi connectivity index (χ2v) is 7.18. The van der Waals surface area contributed by atoms with E-state index >= 15 is 0 Å². The molecule has 0 aliphatic carbocycles. The Morgan fingerprint density at radius 3 is 2.07 bits per heavy atom. The monoisotopic (exact) mass is 405 g/mol. The molecular weight excluding hydrogens is 387 g/mol. The second kappa shape index (κ2) is 8.05. The van der Waals surface area contributed by atoms with E-state index in [-0.39, 0.29) is 4.90 Å². The van der Waals surface area contributed by atoms with Crippen LogP contribution in [0.2, 0.25) is 0 Å². The number of hydrogen-bond acceptors (Lipinski definition) is 5. The van der Waals surface area contributed by atoms with E-state index in [2.05, 4.69) is 9.46 Å². The van der Waals surface area contributed by atoms with Crippen molar-refractivity contribution in [2.24, 2.45) is 0 Å². The second-order valence-electron chi connectivity index (χ2n) is 5.47. The lowest BCUT2D eigenvalue weighted by molar-refractivity contribution is -0.274. The Balaban J connectivity index is 2.23. The fraction of sp³-hybridized carbons (Fsp3) is 0.294. The van der Waals surface area contributed by atoms with Gasteiger partial charge in [-0.3, -0.25) is 0 Å². The topological polar surface area (TPSA) is 73.9 Å². The highest BCUT2D eigenvalue weighted by Crippen LogP contribution is 2.30. The highest BCUT2D eigenvalue weighted by atomic mass is 32.2. The maximum absolute atomic E-state index is 12.5. The summed E-state index contributed by atoms with van der Waals surface area (Å²) in [6, 6.07) is 8.17. The van der Waals surface area contributed by atoms with E-state index in [1.54, 1.807) is 25.1 Å². The summed E-state index contributed by atoms with van der Waals surface area (Å²) in [5.74, 6) is 0.467. The quantitative estimate of drug-likeness (QED) is 0.761. The Hall–Kier alpha value is -2.46. The minimum Gasteiger partial charge on any atom is -0.497 e. The molecule has 148 valence electrons. The van der Waals surface area contributed by atoms with Gasteiger partial charge in [0, 0.05) is 11.6 Å². The van der Waals surface area contributed by atoms with Crippen molar-refractivity contribution in [3.63, 3.8) is 0 Å². The van der Waals surface area contributed by atoms with Crippen LogP contribution in [0.25, 0.3) is 0 Å². The number of sulfonamides is 1. The molecule has 2 rings (SSSR count). The summed E-state index contributed by atoms with van der Waals surface area (Å²) in [7, 11) is -1.07. The Morgan fingerprint density at radius 1 is 0.963 bits per heavy atom. The van der Waals surface area contributed by atoms with Gasteiger partial charge in [0.2, 0.25) is 10.0 Å². The van der Waals surface area contributed by atoms with Gasteiger partial charge < -0.3 is 14.2 Å². The molecule has 0 bridgehead atoms. The molecule has 0 saturated heterocycles. The van der Waals surface area contributed by atoms with Crippen LogP contribution in [0.3, 0.4) is 0 Å². The fourth-order valence-corrected chi connectivity index (χ4v) is 3.59. The Morgan fingerprint density at radius 2 is 1.56 bits per heavy atom. The highest BCUT2D eigenvalue weighted by Gasteiger charge is 2.31. The third kappa shape index (κ3) is 5.51. The molecule has 0 aliphatic rings. The van der Waals surface area contributed by atoms with Gasteiger partial charge in [0.05, 0.1) is 19.1 Å². The van der Waals surface area contributed by atoms with Gasteiger partial charge >= 0.3 is 6.36 Å². The molecule has 10 heteroatoms. The number of nitrogens with one attached hydrogen (secondary N) is 1. The lowest BCUT2D eigenvalue weighted by Crippen LogP contribution is -2.27. The van der Waals surface area contributed by atoms with E-state index in [1.165, 1.54) is 14.2 Å². The highest BCUT2D eigenvalue weighted by molar-refractivity contribution is 7.89. The standard InChI is InChI=1S/C17H18F3NO5S/c1-11(15-10-13(24-2)6-9-16(15)25-3)21-27(22,23)14-7-4-12(5-8-14)26-17(18,19)20/h4-11,21H,1-3H3/t11-/m0/s1. The first-order valence-corrected chi connectivity index (χ1v) is 9.14. The lowest BCUT2D eigenvalue weighted by atomic mass is 10.1. The van der Waals surface area contributed by atoms with Crippen LogP contribution in [-0.4, -0.2) is 29.0 Å². The van der Waals surface area contributed by atoms with Crippen molar-refractivity contribution in [2.45, 2.75) is 24.2 Å². The third-order valence-electron chi connectivity index (χ3n) is 3.60. The average Bonchev–Trinajstić information content (AvgIpc) is 2.59. The van der Waals surface area contributed by atoms with Crippen LogP contribution in [0.15, 0.2) is 47.4 Å². The molecule has 0 unspecified atom stereocenters. The lowest BCUT2D eigenvalue weighted by Gasteiger charge is -2.18. The molecule has 2 aromatic rings. The molecule has 0 aromatic heterocycles. The molecular formula is C17H18F3NO5S. The fourth-order valence-electron chi connectivity index (χ4n) is 2.36. The van der Waals surface area contributed by atoms with Crippen molar-refractivity contribution in [1.29, 1.82) is 0 Å². The predicted octanol–water partition coefficient (Wildman–Crippen LogP) is 3.64. The normalized spacial score (nSPS) is 13.1. The summed E-state index contributed by atoms with van der Waals surface area (Å²) in [6.07, 6.45) is -4.85. The molecule has 1 N–H and O–H groups in total. The molecule has 6 nitrogen and oxygen atoms in total. The molecule has 0 aliphatic heterocycles. The smallest absolute Gasteiger partial charge is 0.497 e. The summed E-state index contributed by atoms with van der Waals surface area (Å²) >= 11 is 0. The molecule has 0 spiro atoms. The number of ether oxygens (including phenoxy) is 3. The van der Waals surface area contributed by atoms with Crippen LogP contribution in [0.5, 0.6) is 17.2 Å². The SMILES string of the molecule is COc1ccc(OC)c([C@H](C)NS(=O)(=O)c2ccc(OC(F)(F)F)cc2)c1. The van der Waals surface area contributed by atoms with Crippen LogP contribution < -0.4 is 18.9 Å². The van der Waals surface area contributed by atoms with Crippen LogP contribution in [0.4, 0.5) is 13.2 Å². The third-order valence-corrected chi connectivity index (χ3v) is 5.16. The van der Waals surface area contributed by atoms with E-state index in [9.17, 15) is 21.6 Å². The van der Waals surface area contributed by atoms with E-state index in [4.69, 9.17) is 9.47 Å². The maximum atomic E-state index is 12.5. The maximum Gasteiger partial charge on any atom is 0.573 e. The van der Waals surface area contributed by atoms with Gasteiger partial charge in [0.15, 0.2) is 0 Å². The van der Waals surface area contributed by atoms with Crippen molar-refractivity contribution >= 4 is 10.0 Å². The zero-order valence-corrected chi connectivity index (χ0v) is 15.5. The molecule has 0 fully saturated rings. The van der Waals surface area contributed by atoms with E-state index in [0.717, 1.165) is 24.3 Å². The predicted molar refractivity (Wildman–Crippen MR) is 91.4 cm³/mol. The zero-order chi connectivity index (χ0) is 20.2. The number of halogens is 3. The van der Waals surface area contributed by atoms with Gasteiger partial charge in [-0.1, -0.05) is 0 Å². The van der Waals surface area contributed by atoms with Crippen LogP contribution in [0.1, 0.15) is 18.5 Å². The molecule has 0 radical (unpaired) electrons. The summed E-state index contributed by atoms with van der Waals surface area (Å²) in [5.41, 5.74) is 0.539. The van der Waals surface area contributed by atoms with Gasteiger partial charge in [-0.05, 0) is 49.4 Å². The zero-order valence-electron chi connectivity index (χ0n) is 14.7. The molecule has 0 saturated carbocycles. The van der Waals surface area contributed by atoms with Crippen molar-refractivity contribution < 1.29 is 35.8 Å². The largest absolute Gasteiger partial charge is 0.573 e. The van der Waals surface area contributed by atoms with E-state index in [0.29, 0.717) is 17.1 Å². The summed E-state index contributed by atoms with van der Waals surface area (Å²) < 4.78 is 78.2. The van der Waals surface area contributed by atoms with Crippen LogP contribution in [-0.2, 0) is 10.0 Å². The van der Waals surface area contributed by atoms with Gasteiger partial charge in [-0.25, -0.2) is 13.1 Å². The van der Waals surface area contributed by atoms with E-state index in [1.807, 2.05) is 0 Å². The Kier molecular flexibility index (Phi) is 6.22. The summed E-state index contributed by atoms with van der Waals surface area (Å²) in [6.45, 7) is 1.61. The molecule has 1 atom stereocenters. The molecule has 27 heavy (non-hydrogen) atoms. The minimum atomic E-state index is -4.85. The van der Waals surface area contributed by atoms with Crippen LogP contribution >= 0.6 is 0 Å². The number of benzene rings is 2. The first-order chi connectivity index (χ1) is 12.6. The van der Waals surface area contributed by atoms with E-state index < -0.39 is 28.2 Å². The minimum absolute atomic E-state index is 0.203. The number of alkyl halides is 3. The van der Waals surface area contributed by atoms with Gasteiger partial charge in [0.1, 0.15) is 17.2 Å². The van der Waals surface area contributed by atoms with Crippen molar-refractivity contribution in [3.05, 3.63) is 48.0 Å².